The lowest BCUT2D eigenvalue weighted by Gasteiger charge is -2.20. The lowest BCUT2D eigenvalue weighted by atomic mass is 10.2. The molecule has 1 N–H and O–H groups in total. The predicted molar refractivity (Wildman–Crippen MR) is 92.4 cm³/mol. The Hall–Kier alpha value is -2.32. The van der Waals surface area contributed by atoms with E-state index < -0.39 is 15.8 Å². The molecule has 25 heavy (non-hydrogen) atoms. The number of sulfonamides is 1. The van der Waals surface area contributed by atoms with Gasteiger partial charge in [-0.3, -0.25) is 9.78 Å². The van der Waals surface area contributed by atoms with E-state index in [4.69, 9.17) is 0 Å². The Kier molecular flexibility index (Phi) is 6.60. The van der Waals surface area contributed by atoms with Gasteiger partial charge in [0.15, 0.2) is 0 Å². The van der Waals surface area contributed by atoms with E-state index >= 15 is 0 Å². The third-order valence-corrected chi connectivity index (χ3v) is 4.80. The Morgan fingerprint density at radius 1 is 1.20 bits per heavy atom. The van der Waals surface area contributed by atoms with Crippen LogP contribution in [0.3, 0.4) is 0 Å². The highest BCUT2D eigenvalue weighted by molar-refractivity contribution is 7.88. The van der Waals surface area contributed by atoms with Crippen molar-refractivity contribution in [3.63, 3.8) is 0 Å². The molecule has 1 aromatic heterocycles. The third kappa shape index (κ3) is 6.24. The van der Waals surface area contributed by atoms with Crippen LogP contribution in [0.4, 0.5) is 4.39 Å². The first-order valence-electron chi connectivity index (χ1n) is 7.71. The van der Waals surface area contributed by atoms with Gasteiger partial charge in [0.05, 0.1) is 18.5 Å². The molecule has 0 spiro atoms. The van der Waals surface area contributed by atoms with Crippen molar-refractivity contribution in [1.82, 2.24) is 14.6 Å². The van der Waals surface area contributed by atoms with Gasteiger partial charge in [-0.05, 0) is 18.2 Å². The number of rotatable bonds is 8. The molecule has 0 aliphatic heterocycles. The molecule has 8 heteroatoms. The topological polar surface area (TPSA) is 79.4 Å². The molecular formula is C17H20FN3O3S. The van der Waals surface area contributed by atoms with Gasteiger partial charge in [-0.25, -0.2) is 12.8 Å². The minimum absolute atomic E-state index is 0.0195. The van der Waals surface area contributed by atoms with Gasteiger partial charge in [0.1, 0.15) is 5.82 Å². The van der Waals surface area contributed by atoms with Gasteiger partial charge in [0, 0.05) is 31.3 Å². The Labute approximate surface area is 146 Å². The van der Waals surface area contributed by atoms with E-state index in [1.807, 2.05) is 6.07 Å². The molecule has 1 heterocycles. The average Bonchev–Trinajstić information content (AvgIpc) is 2.58. The summed E-state index contributed by atoms with van der Waals surface area (Å²) >= 11 is 0. The summed E-state index contributed by atoms with van der Waals surface area (Å²) in [5.74, 6) is -0.774. The predicted octanol–water partition coefficient (Wildman–Crippen LogP) is 1.69. The van der Waals surface area contributed by atoms with Crippen molar-refractivity contribution in [3.05, 3.63) is 65.7 Å². The van der Waals surface area contributed by atoms with Gasteiger partial charge in [-0.1, -0.05) is 24.3 Å². The second-order valence-electron chi connectivity index (χ2n) is 5.54. The Balaban J connectivity index is 1.92. The van der Waals surface area contributed by atoms with Crippen molar-refractivity contribution < 1.29 is 17.6 Å². The fourth-order valence-corrected chi connectivity index (χ4v) is 2.98. The van der Waals surface area contributed by atoms with E-state index in [1.165, 1.54) is 18.2 Å². The highest BCUT2D eigenvalue weighted by atomic mass is 32.2. The molecule has 6 nitrogen and oxygen atoms in total. The molecule has 1 amide bonds. The molecule has 134 valence electrons. The summed E-state index contributed by atoms with van der Waals surface area (Å²) in [5, 5.41) is 2.68. The zero-order chi connectivity index (χ0) is 18.3. The largest absolute Gasteiger partial charge is 0.350 e. The van der Waals surface area contributed by atoms with Crippen LogP contribution < -0.4 is 5.32 Å². The molecule has 2 rings (SSSR count). The third-order valence-electron chi connectivity index (χ3n) is 3.55. The summed E-state index contributed by atoms with van der Waals surface area (Å²) in [6.07, 6.45) is 2.65. The molecule has 0 atom stereocenters. The first-order chi connectivity index (χ1) is 11.9. The number of pyridine rings is 1. The fourth-order valence-electron chi connectivity index (χ4n) is 2.19. The molecule has 0 radical (unpaired) electrons. The second kappa shape index (κ2) is 8.68. The normalized spacial score (nSPS) is 11.5. The minimum Gasteiger partial charge on any atom is -0.350 e. The second-order valence-corrected chi connectivity index (χ2v) is 7.52. The van der Waals surface area contributed by atoms with Crippen LogP contribution >= 0.6 is 0 Å². The van der Waals surface area contributed by atoms with E-state index in [9.17, 15) is 17.6 Å². The van der Waals surface area contributed by atoms with Crippen LogP contribution in [0.2, 0.25) is 0 Å². The van der Waals surface area contributed by atoms with Crippen LogP contribution in [-0.2, 0) is 27.9 Å². The van der Waals surface area contributed by atoms with Gasteiger partial charge < -0.3 is 5.32 Å². The highest BCUT2D eigenvalue weighted by Crippen LogP contribution is 2.12. The Bertz CT molecular complexity index is 813. The number of halogens is 1. The van der Waals surface area contributed by atoms with Crippen LogP contribution in [0.5, 0.6) is 0 Å². The number of nitrogens with one attached hydrogen (secondary N) is 1. The minimum atomic E-state index is -3.57. The van der Waals surface area contributed by atoms with Gasteiger partial charge in [-0.2, -0.15) is 4.31 Å². The van der Waals surface area contributed by atoms with E-state index in [0.717, 1.165) is 10.6 Å². The molecule has 2 aromatic rings. The van der Waals surface area contributed by atoms with Crippen LogP contribution in [0.25, 0.3) is 0 Å². The van der Waals surface area contributed by atoms with E-state index in [2.05, 4.69) is 10.3 Å². The van der Waals surface area contributed by atoms with Crippen molar-refractivity contribution in [2.24, 2.45) is 0 Å². The number of aromatic nitrogens is 1. The smallest absolute Gasteiger partial charge is 0.221 e. The van der Waals surface area contributed by atoms with Crippen molar-refractivity contribution in [3.8, 4) is 0 Å². The zero-order valence-corrected chi connectivity index (χ0v) is 14.7. The standard InChI is InChI=1S/C17H20FN3O3S/c1-25(23,24)21(13-14-6-2-3-8-16(14)18)11-9-17(22)20-12-15-7-4-5-10-19-15/h2-8,10H,9,11-13H2,1H3,(H,20,22). The maximum atomic E-state index is 13.7. The van der Waals surface area contributed by atoms with Crippen LogP contribution in [0, 0.1) is 5.82 Å². The first-order valence-corrected chi connectivity index (χ1v) is 9.56. The van der Waals surface area contributed by atoms with E-state index in [0.29, 0.717) is 5.69 Å². The molecule has 0 fully saturated rings. The van der Waals surface area contributed by atoms with Gasteiger partial charge in [0.25, 0.3) is 0 Å². The van der Waals surface area contributed by atoms with E-state index in [-0.39, 0.29) is 37.5 Å². The van der Waals surface area contributed by atoms with Gasteiger partial charge in [0.2, 0.25) is 15.9 Å². The number of carbonyl (C=O) groups excluding carboxylic acids is 1. The summed E-state index contributed by atoms with van der Waals surface area (Å²) in [4.78, 5) is 16.0. The van der Waals surface area contributed by atoms with Crippen molar-refractivity contribution in [2.75, 3.05) is 12.8 Å². The van der Waals surface area contributed by atoms with E-state index in [1.54, 1.807) is 24.4 Å². The number of carbonyl (C=O) groups is 1. The van der Waals surface area contributed by atoms with Crippen LogP contribution in [0.15, 0.2) is 48.7 Å². The van der Waals surface area contributed by atoms with Crippen molar-refractivity contribution in [1.29, 1.82) is 0 Å². The van der Waals surface area contributed by atoms with Crippen molar-refractivity contribution in [2.45, 2.75) is 19.5 Å². The molecule has 0 aliphatic rings. The molecule has 0 saturated carbocycles. The Morgan fingerprint density at radius 2 is 1.92 bits per heavy atom. The van der Waals surface area contributed by atoms with Gasteiger partial charge >= 0.3 is 0 Å². The zero-order valence-electron chi connectivity index (χ0n) is 13.9. The van der Waals surface area contributed by atoms with Gasteiger partial charge in [-0.15, -0.1) is 0 Å². The van der Waals surface area contributed by atoms with Crippen LogP contribution in [-0.4, -0.2) is 36.4 Å². The number of benzene rings is 1. The maximum Gasteiger partial charge on any atom is 0.221 e. The molecular weight excluding hydrogens is 345 g/mol. The fraction of sp³-hybridized carbons (Fsp3) is 0.294. The lowest BCUT2D eigenvalue weighted by molar-refractivity contribution is -0.121. The number of amides is 1. The molecule has 0 bridgehead atoms. The molecule has 0 saturated heterocycles. The number of hydrogen-bond donors (Lipinski definition) is 1. The quantitative estimate of drug-likeness (QED) is 0.772. The number of nitrogens with zero attached hydrogens (tertiary/aromatic N) is 2. The monoisotopic (exact) mass is 365 g/mol. The molecule has 1 aromatic carbocycles. The summed E-state index contributed by atoms with van der Waals surface area (Å²) < 4.78 is 38.6. The average molecular weight is 365 g/mol. The molecule has 0 unspecified atom stereocenters. The Morgan fingerprint density at radius 3 is 2.56 bits per heavy atom. The molecule has 0 aliphatic carbocycles. The number of hydrogen-bond acceptors (Lipinski definition) is 4. The summed E-state index contributed by atoms with van der Waals surface area (Å²) in [6, 6.07) is 11.3. The van der Waals surface area contributed by atoms with Crippen LogP contribution in [0.1, 0.15) is 17.7 Å². The maximum absolute atomic E-state index is 13.7. The SMILES string of the molecule is CS(=O)(=O)N(CCC(=O)NCc1ccccn1)Cc1ccccc1F. The lowest BCUT2D eigenvalue weighted by Crippen LogP contribution is -2.34. The summed E-state index contributed by atoms with van der Waals surface area (Å²) in [6.45, 7) is 0.131. The van der Waals surface area contributed by atoms with Crippen molar-refractivity contribution >= 4 is 15.9 Å². The summed E-state index contributed by atoms with van der Waals surface area (Å²) in [5.41, 5.74) is 0.976. The first kappa shape index (κ1) is 19.0. The highest BCUT2D eigenvalue weighted by Gasteiger charge is 2.19. The summed E-state index contributed by atoms with van der Waals surface area (Å²) in [7, 11) is -3.57.